The molecule has 316 valence electrons. The van der Waals surface area contributed by atoms with Gasteiger partial charge in [-0.3, -0.25) is 19.2 Å². The van der Waals surface area contributed by atoms with Gasteiger partial charge in [0.2, 0.25) is 0 Å². The van der Waals surface area contributed by atoms with Gasteiger partial charge in [0, 0.05) is 36.8 Å². The summed E-state index contributed by atoms with van der Waals surface area (Å²) in [5.74, 6) is -1.12. The standard InChI is InChI=1S/C46H50N2O12/c1-5-10-41(49)59-37-20-12-31(13-21-37)29-40(46(54)57-7-3)48-44(52)34-18-26-36(27-19-34)58-28-9-8-11-42(50)60-38-22-14-32(15-23-38)30-39(45(53)56-6-2)47-43(51)33-16-24-35(55-4)25-17-33/h9,12-28,39-40H,5-8,10-11,29-30H2,1-4H3,(H,47,51)(H,48,52)/b28-9+. The van der Waals surface area contributed by atoms with Crippen LogP contribution in [0.2, 0.25) is 0 Å². The topological polar surface area (TPSA) is 182 Å². The molecule has 14 nitrogen and oxygen atoms in total. The second-order valence-electron chi connectivity index (χ2n) is 13.2. The Balaban J connectivity index is 1.22. The number of allylic oxidation sites excluding steroid dienone is 1. The molecular weight excluding hydrogens is 773 g/mol. The third-order valence-corrected chi connectivity index (χ3v) is 8.68. The zero-order chi connectivity index (χ0) is 43.3. The molecule has 0 saturated heterocycles. The van der Waals surface area contributed by atoms with Gasteiger partial charge in [-0.1, -0.05) is 31.2 Å². The molecule has 4 aromatic carbocycles. The van der Waals surface area contributed by atoms with E-state index in [1.54, 1.807) is 117 Å². The van der Waals surface area contributed by atoms with Crippen LogP contribution >= 0.6 is 0 Å². The fraction of sp³-hybridized carbons (Fsp3) is 0.304. The molecule has 4 aromatic rings. The molecule has 0 aliphatic rings. The van der Waals surface area contributed by atoms with E-state index in [0.717, 1.165) is 5.56 Å². The molecule has 2 unspecified atom stereocenters. The molecule has 0 radical (unpaired) electrons. The number of benzene rings is 4. The summed E-state index contributed by atoms with van der Waals surface area (Å²) in [7, 11) is 1.53. The van der Waals surface area contributed by atoms with Crippen molar-refractivity contribution >= 4 is 35.7 Å². The first-order valence-corrected chi connectivity index (χ1v) is 19.6. The van der Waals surface area contributed by atoms with Crippen LogP contribution in [-0.2, 0) is 41.5 Å². The van der Waals surface area contributed by atoms with Crippen molar-refractivity contribution in [3.63, 3.8) is 0 Å². The van der Waals surface area contributed by atoms with Gasteiger partial charge in [-0.25, -0.2) is 9.59 Å². The Morgan fingerprint density at radius 2 is 0.967 bits per heavy atom. The number of carbonyl (C=O) groups is 6. The van der Waals surface area contributed by atoms with Crippen molar-refractivity contribution in [2.45, 2.75) is 71.4 Å². The first-order chi connectivity index (χ1) is 29.0. The normalized spacial score (nSPS) is 11.7. The highest BCUT2D eigenvalue weighted by atomic mass is 16.5. The van der Waals surface area contributed by atoms with Crippen molar-refractivity contribution < 1.29 is 57.2 Å². The first-order valence-electron chi connectivity index (χ1n) is 19.6. The summed E-state index contributed by atoms with van der Waals surface area (Å²) < 4.78 is 31.9. The number of esters is 4. The van der Waals surface area contributed by atoms with Gasteiger partial charge in [0.1, 0.15) is 35.1 Å². The lowest BCUT2D eigenvalue weighted by molar-refractivity contribution is -0.146. The molecule has 2 amide bonds. The van der Waals surface area contributed by atoms with E-state index >= 15 is 0 Å². The number of nitrogens with one attached hydrogen (secondary N) is 2. The average molecular weight is 823 g/mol. The van der Waals surface area contributed by atoms with Crippen molar-refractivity contribution in [3.05, 3.63) is 132 Å². The zero-order valence-electron chi connectivity index (χ0n) is 34.1. The minimum absolute atomic E-state index is 0.0707. The third kappa shape index (κ3) is 15.1. The summed E-state index contributed by atoms with van der Waals surface area (Å²) in [6.45, 7) is 5.55. The number of carbonyl (C=O) groups excluding carboxylic acids is 6. The first kappa shape index (κ1) is 45.7. The largest absolute Gasteiger partial charge is 0.497 e. The van der Waals surface area contributed by atoms with Crippen LogP contribution in [0.4, 0.5) is 0 Å². The van der Waals surface area contributed by atoms with Crippen LogP contribution in [0, 0.1) is 0 Å². The Labute approximate surface area is 349 Å². The lowest BCUT2D eigenvalue weighted by Gasteiger charge is -2.18. The van der Waals surface area contributed by atoms with Crippen LogP contribution in [0.3, 0.4) is 0 Å². The molecule has 0 aliphatic carbocycles. The highest BCUT2D eigenvalue weighted by Crippen LogP contribution is 2.19. The lowest BCUT2D eigenvalue weighted by Crippen LogP contribution is -2.43. The van der Waals surface area contributed by atoms with E-state index < -0.39 is 41.8 Å². The molecule has 0 heterocycles. The molecule has 0 aromatic heterocycles. The highest BCUT2D eigenvalue weighted by Gasteiger charge is 2.25. The molecule has 14 heteroatoms. The van der Waals surface area contributed by atoms with Crippen LogP contribution < -0.4 is 29.6 Å². The number of amides is 2. The Morgan fingerprint density at radius 1 is 0.550 bits per heavy atom. The average Bonchev–Trinajstić information content (AvgIpc) is 3.24. The Hall–Kier alpha value is -6.96. The molecule has 2 atom stereocenters. The number of methoxy groups -OCH3 is 1. The summed E-state index contributed by atoms with van der Waals surface area (Å²) in [6, 6.07) is 24.2. The quantitative estimate of drug-likeness (QED) is 0.0501. The van der Waals surface area contributed by atoms with Crippen LogP contribution in [0.15, 0.2) is 109 Å². The van der Waals surface area contributed by atoms with Gasteiger partial charge < -0.3 is 39.1 Å². The number of hydrogen-bond donors (Lipinski definition) is 2. The van der Waals surface area contributed by atoms with Crippen molar-refractivity contribution in [2.75, 3.05) is 20.3 Å². The molecular formula is C46H50N2O12. The van der Waals surface area contributed by atoms with E-state index in [4.69, 9.17) is 28.4 Å². The minimum atomic E-state index is -0.959. The summed E-state index contributed by atoms with van der Waals surface area (Å²) in [5, 5.41) is 5.47. The second kappa shape index (κ2) is 24.1. The zero-order valence-corrected chi connectivity index (χ0v) is 34.1. The summed E-state index contributed by atoms with van der Waals surface area (Å²) in [6.07, 6.45) is 4.79. The van der Waals surface area contributed by atoms with E-state index in [1.165, 1.54) is 13.4 Å². The van der Waals surface area contributed by atoms with E-state index in [1.807, 2.05) is 6.92 Å². The fourth-order valence-corrected chi connectivity index (χ4v) is 5.61. The number of rotatable bonds is 22. The van der Waals surface area contributed by atoms with Crippen LogP contribution in [0.1, 0.15) is 78.3 Å². The molecule has 4 rings (SSSR count). The SMILES string of the molecule is CCCC(=O)Oc1ccc(CC(NC(=O)c2ccc(O/C=C/CCC(=O)Oc3ccc(CC(NC(=O)c4ccc(OC)cc4)C(=O)OCC)cc3)cc2)C(=O)OCC)cc1. The monoisotopic (exact) mass is 822 g/mol. The number of ether oxygens (including phenoxy) is 6. The van der Waals surface area contributed by atoms with Gasteiger partial charge in [-0.05, 0) is 117 Å². The predicted octanol–water partition coefficient (Wildman–Crippen LogP) is 6.49. The minimum Gasteiger partial charge on any atom is -0.497 e. The van der Waals surface area contributed by atoms with Gasteiger partial charge in [-0.15, -0.1) is 0 Å². The summed E-state index contributed by atoms with van der Waals surface area (Å²) in [5.41, 5.74) is 2.10. The van der Waals surface area contributed by atoms with Crippen molar-refractivity contribution in [2.24, 2.45) is 0 Å². The Morgan fingerprint density at radius 3 is 1.38 bits per heavy atom. The Bertz CT molecular complexity index is 2060. The van der Waals surface area contributed by atoms with Crippen LogP contribution in [0.25, 0.3) is 0 Å². The lowest BCUT2D eigenvalue weighted by atomic mass is 10.0. The van der Waals surface area contributed by atoms with Crippen molar-refractivity contribution in [1.29, 1.82) is 0 Å². The van der Waals surface area contributed by atoms with E-state index in [-0.39, 0.29) is 38.4 Å². The highest BCUT2D eigenvalue weighted by molar-refractivity contribution is 5.97. The van der Waals surface area contributed by atoms with Gasteiger partial charge in [0.05, 0.1) is 26.6 Å². The number of hydrogen-bond acceptors (Lipinski definition) is 12. The molecule has 0 bridgehead atoms. The van der Waals surface area contributed by atoms with Crippen molar-refractivity contribution in [3.8, 4) is 23.0 Å². The molecule has 60 heavy (non-hydrogen) atoms. The molecule has 0 fully saturated rings. The molecule has 2 N–H and O–H groups in total. The van der Waals surface area contributed by atoms with Crippen molar-refractivity contribution in [1.82, 2.24) is 10.6 Å². The van der Waals surface area contributed by atoms with Gasteiger partial charge in [0.25, 0.3) is 11.8 Å². The molecule has 0 saturated carbocycles. The van der Waals surface area contributed by atoms with Crippen LogP contribution in [-0.4, -0.2) is 68.1 Å². The maximum Gasteiger partial charge on any atom is 0.328 e. The van der Waals surface area contributed by atoms with Gasteiger partial charge >= 0.3 is 23.9 Å². The van der Waals surface area contributed by atoms with E-state index in [9.17, 15) is 28.8 Å². The Kier molecular flexibility index (Phi) is 18.4. The maximum absolute atomic E-state index is 13.1. The van der Waals surface area contributed by atoms with E-state index in [0.29, 0.717) is 59.0 Å². The second-order valence-corrected chi connectivity index (χ2v) is 13.2. The fourth-order valence-electron chi connectivity index (χ4n) is 5.61. The third-order valence-electron chi connectivity index (χ3n) is 8.68. The smallest absolute Gasteiger partial charge is 0.328 e. The molecule has 0 spiro atoms. The maximum atomic E-state index is 13.1. The molecule has 0 aliphatic heterocycles. The predicted molar refractivity (Wildman–Crippen MR) is 221 cm³/mol. The van der Waals surface area contributed by atoms with Gasteiger partial charge in [-0.2, -0.15) is 0 Å². The van der Waals surface area contributed by atoms with Gasteiger partial charge in [0.15, 0.2) is 0 Å². The summed E-state index contributed by atoms with van der Waals surface area (Å²) in [4.78, 5) is 75.6. The van der Waals surface area contributed by atoms with E-state index in [2.05, 4.69) is 10.6 Å². The van der Waals surface area contributed by atoms with Crippen LogP contribution in [0.5, 0.6) is 23.0 Å². The summed E-state index contributed by atoms with van der Waals surface area (Å²) >= 11 is 0.